The summed E-state index contributed by atoms with van der Waals surface area (Å²) in [4.78, 5) is 45.9. The van der Waals surface area contributed by atoms with Gasteiger partial charge in [-0.15, -0.1) is 6.58 Å². The predicted molar refractivity (Wildman–Crippen MR) is 147 cm³/mol. The number of nitrogens with zero attached hydrogens (tertiary/aromatic N) is 3. The minimum atomic E-state index is -4.16. The number of ketones is 1. The van der Waals surface area contributed by atoms with Gasteiger partial charge in [0, 0.05) is 26.4 Å². The number of carbonyl (C=O) groups is 2. The van der Waals surface area contributed by atoms with Crippen LogP contribution >= 0.6 is 0 Å². The van der Waals surface area contributed by atoms with Crippen LogP contribution in [0, 0.1) is 5.82 Å². The molecule has 1 amide bonds. The Bertz CT molecular complexity index is 1430. The summed E-state index contributed by atoms with van der Waals surface area (Å²) in [5.41, 5.74) is -0.0262. The molecule has 0 aliphatic carbocycles. The maximum atomic E-state index is 13.6. The molecule has 0 spiro atoms. The Morgan fingerprint density at radius 1 is 1.26 bits per heavy atom. The number of halogens is 1. The van der Waals surface area contributed by atoms with Crippen molar-refractivity contribution in [2.75, 3.05) is 13.3 Å². The number of hydrogen-bond donors (Lipinski definition) is 0. The van der Waals surface area contributed by atoms with Gasteiger partial charge in [0.05, 0.1) is 12.3 Å². The van der Waals surface area contributed by atoms with E-state index in [1.807, 2.05) is 0 Å². The van der Waals surface area contributed by atoms with Crippen molar-refractivity contribution in [3.8, 4) is 5.75 Å². The number of rotatable bonds is 12. The topological polar surface area (TPSA) is 116 Å². The largest absolute Gasteiger partial charge is 0.374 e. The zero-order valence-electron chi connectivity index (χ0n) is 22.3. The minimum Gasteiger partial charge on any atom is -0.374 e. The first-order chi connectivity index (χ1) is 18.5. The molecule has 1 aliphatic heterocycles. The van der Waals surface area contributed by atoms with Crippen molar-refractivity contribution in [3.63, 3.8) is 0 Å². The van der Waals surface area contributed by atoms with E-state index in [4.69, 9.17) is 4.18 Å². The maximum Gasteiger partial charge on any atom is 0.306 e. The van der Waals surface area contributed by atoms with Crippen LogP contribution in [0.4, 0.5) is 4.39 Å². The summed E-state index contributed by atoms with van der Waals surface area (Å²) < 4.78 is 44.0. The minimum absolute atomic E-state index is 0.137. The Hall–Kier alpha value is -3.60. The summed E-state index contributed by atoms with van der Waals surface area (Å²) in [5, 5.41) is 0. The van der Waals surface area contributed by atoms with Crippen LogP contribution in [0.15, 0.2) is 42.2 Å². The standard InChI is InChI=1S/C28H34FN3O6S/c1-5-7-8-12-24(34)31(3)22-11-9-10-17-32-27(22)30-25(26(28(32)35)38-39(4,36)37)23(33)16-14-20-13-15-21(29)18-19(20)6-2/h5-6,13,15,18,22H,1-2,7-12,14,16-17H2,3-4H3. The first-order valence-corrected chi connectivity index (χ1v) is 14.6. The van der Waals surface area contributed by atoms with Crippen molar-refractivity contribution in [2.45, 2.75) is 64.0 Å². The van der Waals surface area contributed by atoms with E-state index >= 15 is 0 Å². The lowest BCUT2D eigenvalue weighted by molar-refractivity contribution is -0.132. The molecule has 0 N–H and O–H groups in total. The Morgan fingerprint density at radius 2 is 2.00 bits per heavy atom. The van der Waals surface area contributed by atoms with Gasteiger partial charge >= 0.3 is 10.1 Å². The molecule has 0 bridgehead atoms. The SMILES string of the molecule is C=CCCCC(=O)N(C)C1CCCCn2c1nc(C(=O)CCc1ccc(F)cc1C=C)c(OS(C)(=O)=O)c2=O. The number of benzene rings is 1. The molecule has 1 aromatic heterocycles. The van der Waals surface area contributed by atoms with Gasteiger partial charge in [-0.05, 0) is 61.8 Å². The Morgan fingerprint density at radius 3 is 2.67 bits per heavy atom. The number of unbranched alkanes of at least 4 members (excludes halogenated alkanes) is 1. The molecule has 1 atom stereocenters. The van der Waals surface area contributed by atoms with Crippen LogP contribution in [-0.2, 0) is 27.9 Å². The van der Waals surface area contributed by atoms with Crippen LogP contribution in [0.1, 0.15) is 78.4 Å². The molecule has 0 radical (unpaired) electrons. The number of allylic oxidation sites excluding steroid dienone is 1. The summed E-state index contributed by atoms with van der Waals surface area (Å²) in [6.07, 6.45) is 7.43. The van der Waals surface area contributed by atoms with Gasteiger partial charge in [-0.25, -0.2) is 9.37 Å². The van der Waals surface area contributed by atoms with Crippen LogP contribution in [-0.4, -0.2) is 47.9 Å². The van der Waals surface area contributed by atoms with Crippen LogP contribution in [0.2, 0.25) is 0 Å². The fourth-order valence-corrected chi connectivity index (χ4v) is 5.09. The fraction of sp³-hybridized carbons (Fsp3) is 0.429. The van der Waals surface area contributed by atoms with Crippen molar-refractivity contribution in [3.05, 3.63) is 76.2 Å². The highest BCUT2D eigenvalue weighted by molar-refractivity contribution is 7.86. The summed E-state index contributed by atoms with van der Waals surface area (Å²) in [6.45, 7) is 7.58. The molecule has 9 nitrogen and oxygen atoms in total. The number of amides is 1. The third kappa shape index (κ3) is 7.50. The van der Waals surface area contributed by atoms with Gasteiger partial charge in [0.25, 0.3) is 5.56 Å². The molecule has 0 saturated heterocycles. The molecule has 3 rings (SSSR count). The first-order valence-electron chi connectivity index (χ1n) is 12.8. The molecule has 39 heavy (non-hydrogen) atoms. The molecule has 2 heterocycles. The molecular weight excluding hydrogens is 525 g/mol. The molecule has 0 saturated carbocycles. The van der Waals surface area contributed by atoms with Crippen molar-refractivity contribution < 1.29 is 26.6 Å². The van der Waals surface area contributed by atoms with Gasteiger partial charge in [0.2, 0.25) is 11.7 Å². The summed E-state index contributed by atoms with van der Waals surface area (Å²) in [6, 6.07) is 3.52. The van der Waals surface area contributed by atoms with E-state index in [9.17, 15) is 27.2 Å². The lowest BCUT2D eigenvalue weighted by atomic mass is 10.00. The lowest BCUT2D eigenvalue weighted by Gasteiger charge is -2.28. The highest BCUT2D eigenvalue weighted by Gasteiger charge is 2.32. The predicted octanol–water partition coefficient (Wildman–Crippen LogP) is 4.22. The van der Waals surface area contributed by atoms with Gasteiger partial charge in [0.1, 0.15) is 11.6 Å². The highest BCUT2D eigenvalue weighted by atomic mass is 32.2. The zero-order chi connectivity index (χ0) is 28.7. The number of fused-ring (bicyclic) bond motifs is 1. The molecule has 1 aliphatic rings. The quantitative estimate of drug-likeness (QED) is 0.165. The van der Waals surface area contributed by atoms with Crippen LogP contribution < -0.4 is 9.74 Å². The van der Waals surface area contributed by atoms with Crippen LogP contribution in [0.25, 0.3) is 6.08 Å². The summed E-state index contributed by atoms with van der Waals surface area (Å²) in [7, 11) is -2.53. The van der Waals surface area contributed by atoms with Gasteiger partial charge in [-0.1, -0.05) is 24.8 Å². The first kappa shape index (κ1) is 29.9. The van der Waals surface area contributed by atoms with Crippen LogP contribution in [0.5, 0.6) is 5.75 Å². The van der Waals surface area contributed by atoms with Crippen molar-refractivity contribution in [1.29, 1.82) is 0 Å². The molecule has 11 heteroatoms. The van der Waals surface area contributed by atoms with Crippen LogP contribution in [0.3, 0.4) is 0 Å². The van der Waals surface area contributed by atoms with E-state index in [0.717, 1.165) is 6.26 Å². The Labute approximate surface area is 228 Å². The molecule has 0 fully saturated rings. The third-order valence-corrected chi connectivity index (χ3v) is 7.14. The normalized spacial score (nSPS) is 15.1. The van der Waals surface area contributed by atoms with Crippen molar-refractivity contribution in [1.82, 2.24) is 14.5 Å². The monoisotopic (exact) mass is 559 g/mol. The number of aromatic nitrogens is 2. The summed E-state index contributed by atoms with van der Waals surface area (Å²) >= 11 is 0. The van der Waals surface area contributed by atoms with E-state index in [2.05, 4.69) is 18.1 Å². The smallest absolute Gasteiger partial charge is 0.306 e. The molecule has 1 unspecified atom stereocenters. The lowest BCUT2D eigenvalue weighted by Crippen LogP contribution is -2.37. The van der Waals surface area contributed by atoms with E-state index < -0.39 is 44.8 Å². The summed E-state index contributed by atoms with van der Waals surface area (Å²) in [5.74, 6) is -1.64. The Kier molecular flexibility index (Phi) is 9.96. The zero-order valence-corrected chi connectivity index (χ0v) is 23.1. The van der Waals surface area contributed by atoms with E-state index in [1.165, 1.54) is 33.7 Å². The molecule has 2 aromatic rings. The third-order valence-electron chi connectivity index (χ3n) is 6.67. The van der Waals surface area contributed by atoms with E-state index in [0.29, 0.717) is 43.2 Å². The van der Waals surface area contributed by atoms with E-state index in [1.54, 1.807) is 13.1 Å². The maximum absolute atomic E-state index is 13.6. The van der Waals surface area contributed by atoms with Gasteiger partial charge in [0.15, 0.2) is 11.5 Å². The van der Waals surface area contributed by atoms with Crippen molar-refractivity contribution in [2.24, 2.45) is 0 Å². The average molecular weight is 560 g/mol. The molecule has 210 valence electrons. The number of aryl methyl sites for hydroxylation is 1. The van der Waals surface area contributed by atoms with E-state index in [-0.39, 0.29) is 37.5 Å². The number of Topliss-reactive ketones (excluding diaryl/α,β-unsaturated/α-hetero) is 1. The second-order valence-electron chi connectivity index (χ2n) is 9.56. The number of hydrogen-bond acceptors (Lipinski definition) is 7. The second-order valence-corrected chi connectivity index (χ2v) is 11.1. The molecule has 1 aromatic carbocycles. The molecular formula is C28H34FN3O6S. The van der Waals surface area contributed by atoms with Gasteiger partial charge in [-0.3, -0.25) is 19.0 Å². The van der Waals surface area contributed by atoms with Gasteiger partial charge in [-0.2, -0.15) is 8.42 Å². The highest BCUT2D eigenvalue weighted by Crippen LogP contribution is 2.30. The van der Waals surface area contributed by atoms with Gasteiger partial charge < -0.3 is 9.08 Å². The van der Waals surface area contributed by atoms with Crippen molar-refractivity contribution >= 4 is 27.9 Å². The number of carbonyl (C=O) groups excluding carboxylic acids is 2. The fourth-order valence-electron chi connectivity index (χ4n) is 4.64. The second kappa shape index (κ2) is 13.0. The Balaban J connectivity index is 2.05. The average Bonchev–Trinajstić information content (AvgIpc) is 3.10.